The normalized spacial score (nSPS) is 12.0. The van der Waals surface area contributed by atoms with E-state index in [1.807, 2.05) is 31.2 Å². The molecular weight excluding hydrogens is 449 g/mol. The molecule has 1 aliphatic heterocycles. The molecule has 7 nitrogen and oxygen atoms in total. The summed E-state index contributed by atoms with van der Waals surface area (Å²) in [5.41, 5.74) is 4.09. The molecule has 178 valence electrons. The summed E-state index contributed by atoms with van der Waals surface area (Å²) in [6.45, 7) is 2.63. The maximum absolute atomic E-state index is 14.6. The third kappa shape index (κ3) is 4.47. The zero-order valence-electron chi connectivity index (χ0n) is 19.5. The predicted octanol–water partition coefficient (Wildman–Crippen LogP) is 4.94. The summed E-state index contributed by atoms with van der Waals surface area (Å²) < 4.78 is 33.4. The van der Waals surface area contributed by atoms with E-state index in [0.29, 0.717) is 35.6 Å². The van der Waals surface area contributed by atoms with Gasteiger partial charge in [-0.05, 0) is 54.3 Å². The van der Waals surface area contributed by atoms with Gasteiger partial charge in [-0.25, -0.2) is 14.4 Å². The number of aromatic nitrogens is 3. The summed E-state index contributed by atoms with van der Waals surface area (Å²) in [5, 5.41) is 0. The number of ether oxygens (including phenoxy) is 3. The quantitative estimate of drug-likeness (QED) is 0.378. The molecule has 0 fully saturated rings. The maximum Gasteiger partial charge on any atom is 0.257 e. The van der Waals surface area contributed by atoms with Gasteiger partial charge in [-0.3, -0.25) is 4.79 Å². The van der Waals surface area contributed by atoms with Crippen LogP contribution in [0.5, 0.6) is 23.0 Å². The van der Waals surface area contributed by atoms with E-state index in [1.54, 1.807) is 17.7 Å². The molecule has 4 aromatic rings. The minimum absolute atomic E-state index is 0.0542. The van der Waals surface area contributed by atoms with E-state index in [4.69, 9.17) is 14.2 Å². The predicted molar refractivity (Wildman–Crippen MR) is 129 cm³/mol. The summed E-state index contributed by atoms with van der Waals surface area (Å²) in [6.07, 6.45) is 5.57. The summed E-state index contributed by atoms with van der Waals surface area (Å²) in [5.74, 6) is 1.18. The van der Waals surface area contributed by atoms with Crippen molar-refractivity contribution >= 4 is 0 Å². The number of methoxy groups -OCH3 is 1. The van der Waals surface area contributed by atoms with Crippen molar-refractivity contribution in [3.05, 3.63) is 94.0 Å². The molecule has 35 heavy (non-hydrogen) atoms. The van der Waals surface area contributed by atoms with Crippen LogP contribution in [0.3, 0.4) is 0 Å². The zero-order valence-corrected chi connectivity index (χ0v) is 19.5. The number of hydrogen-bond acceptors (Lipinski definition) is 6. The Bertz CT molecular complexity index is 1440. The second-order valence-electron chi connectivity index (χ2n) is 8.19. The second-order valence-corrected chi connectivity index (χ2v) is 8.19. The Kier molecular flexibility index (Phi) is 6.18. The first kappa shape index (κ1) is 22.6. The number of aryl methyl sites for hydroxylation is 1. The molecule has 0 atom stereocenters. The van der Waals surface area contributed by atoms with Crippen LogP contribution in [0, 0.1) is 5.82 Å². The third-order valence-corrected chi connectivity index (χ3v) is 6.06. The van der Waals surface area contributed by atoms with Crippen molar-refractivity contribution in [2.45, 2.75) is 32.9 Å². The number of benzene rings is 2. The molecule has 0 spiro atoms. The third-order valence-electron chi connectivity index (χ3n) is 6.06. The monoisotopic (exact) mass is 473 g/mol. The fourth-order valence-corrected chi connectivity index (χ4v) is 4.30. The van der Waals surface area contributed by atoms with Gasteiger partial charge < -0.3 is 18.8 Å². The van der Waals surface area contributed by atoms with Gasteiger partial charge in [0.25, 0.3) is 5.56 Å². The van der Waals surface area contributed by atoms with Gasteiger partial charge in [0.15, 0.2) is 17.3 Å². The number of rotatable bonds is 7. The Morgan fingerprint density at radius 3 is 2.60 bits per heavy atom. The van der Waals surface area contributed by atoms with Gasteiger partial charge in [0.05, 0.1) is 30.8 Å². The molecule has 1 aliphatic rings. The Labute approximate surface area is 201 Å². The largest absolute Gasteiger partial charge is 0.497 e. The van der Waals surface area contributed by atoms with Crippen LogP contribution in [0.4, 0.5) is 4.39 Å². The lowest BCUT2D eigenvalue weighted by molar-refractivity contribution is 0.300. The SMILES string of the molecule is CCc1c(OCc2ccc(Oc3cncnc3)c(F)c2)cc2n(c1=O)CCc1cc(OC)ccc1-2. The van der Waals surface area contributed by atoms with Gasteiger partial charge in [-0.1, -0.05) is 13.0 Å². The average Bonchev–Trinajstić information content (AvgIpc) is 2.89. The van der Waals surface area contributed by atoms with Crippen LogP contribution in [0.15, 0.2) is 66.0 Å². The van der Waals surface area contributed by atoms with Crippen LogP contribution in [-0.4, -0.2) is 21.6 Å². The van der Waals surface area contributed by atoms with Gasteiger partial charge in [-0.2, -0.15) is 0 Å². The van der Waals surface area contributed by atoms with E-state index >= 15 is 0 Å². The highest BCUT2D eigenvalue weighted by atomic mass is 19.1. The number of fused-ring (bicyclic) bond motifs is 3. The fraction of sp³-hybridized carbons (Fsp3) is 0.222. The molecule has 0 bridgehead atoms. The van der Waals surface area contributed by atoms with E-state index in [0.717, 1.165) is 29.0 Å². The summed E-state index contributed by atoms with van der Waals surface area (Å²) in [6, 6.07) is 12.4. The molecule has 0 unspecified atom stereocenters. The topological polar surface area (TPSA) is 75.5 Å². The maximum atomic E-state index is 14.6. The molecule has 8 heteroatoms. The first-order chi connectivity index (χ1) is 17.1. The van der Waals surface area contributed by atoms with Crippen LogP contribution in [0.2, 0.25) is 0 Å². The highest BCUT2D eigenvalue weighted by Crippen LogP contribution is 2.34. The van der Waals surface area contributed by atoms with Crippen molar-refractivity contribution in [1.29, 1.82) is 0 Å². The lowest BCUT2D eigenvalue weighted by Gasteiger charge is -2.24. The molecule has 2 aromatic carbocycles. The number of halogens is 1. The van der Waals surface area contributed by atoms with Crippen LogP contribution >= 0.6 is 0 Å². The lowest BCUT2D eigenvalue weighted by atomic mass is 9.96. The van der Waals surface area contributed by atoms with Crippen LogP contribution < -0.4 is 19.8 Å². The molecular formula is C27H24FN3O4. The zero-order chi connectivity index (χ0) is 24.4. The molecule has 0 saturated heterocycles. The Morgan fingerprint density at radius 2 is 1.86 bits per heavy atom. The Balaban J connectivity index is 1.41. The van der Waals surface area contributed by atoms with E-state index in [1.165, 1.54) is 30.9 Å². The van der Waals surface area contributed by atoms with Crippen LogP contribution in [-0.2, 0) is 26.0 Å². The Morgan fingerprint density at radius 1 is 1.03 bits per heavy atom. The van der Waals surface area contributed by atoms with Crippen molar-refractivity contribution < 1.29 is 18.6 Å². The van der Waals surface area contributed by atoms with Crippen LogP contribution in [0.25, 0.3) is 11.3 Å². The van der Waals surface area contributed by atoms with Gasteiger partial charge in [0, 0.05) is 18.2 Å². The first-order valence-corrected chi connectivity index (χ1v) is 11.4. The first-order valence-electron chi connectivity index (χ1n) is 11.4. The Hall–Kier alpha value is -4.20. The number of hydrogen-bond donors (Lipinski definition) is 0. The van der Waals surface area contributed by atoms with Crippen molar-refractivity contribution in [2.75, 3.05) is 7.11 Å². The molecule has 0 radical (unpaired) electrons. The van der Waals surface area contributed by atoms with Gasteiger partial charge in [0.2, 0.25) is 0 Å². The van der Waals surface area contributed by atoms with E-state index < -0.39 is 5.82 Å². The molecule has 2 aromatic heterocycles. The standard InChI is InChI=1S/C27H24FN3O4/c1-3-21-26(12-24-22-6-5-19(33-2)11-18(22)8-9-31(24)27(21)32)34-15-17-4-7-25(23(28)10-17)35-20-13-29-16-30-14-20/h4-7,10-14,16H,3,8-9,15H2,1-2H3. The minimum atomic E-state index is -0.529. The van der Waals surface area contributed by atoms with Gasteiger partial charge in [0.1, 0.15) is 24.4 Å². The summed E-state index contributed by atoms with van der Waals surface area (Å²) in [7, 11) is 1.64. The molecule has 3 heterocycles. The number of pyridine rings is 1. The van der Waals surface area contributed by atoms with Gasteiger partial charge in [-0.15, -0.1) is 0 Å². The highest BCUT2D eigenvalue weighted by molar-refractivity contribution is 5.69. The van der Waals surface area contributed by atoms with Crippen molar-refractivity contribution in [1.82, 2.24) is 14.5 Å². The molecule has 0 amide bonds. The minimum Gasteiger partial charge on any atom is -0.497 e. The molecule has 0 saturated carbocycles. The average molecular weight is 474 g/mol. The van der Waals surface area contributed by atoms with Crippen LogP contribution in [0.1, 0.15) is 23.6 Å². The molecule has 0 aliphatic carbocycles. The fourth-order valence-electron chi connectivity index (χ4n) is 4.30. The lowest BCUT2D eigenvalue weighted by Crippen LogP contribution is -2.29. The molecule has 0 N–H and O–H groups in total. The summed E-state index contributed by atoms with van der Waals surface area (Å²) in [4.78, 5) is 21.0. The molecule has 5 rings (SSSR count). The van der Waals surface area contributed by atoms with Crippen molar-refractivity contribution in [3.8, 4) is 34.3 Å². The number of nitrogens with zero attached hydrogens (tertiary/aromatic N) is 3. The van der Waals surface area contributed by atoms with Crippen molar-refractivity contribution in [3.63, 3.8) is 0 Å². The van der Waals surface area contributed by atoms with Gasteiger partial charge >= 0.3 is 0 Å². The highest BCUT2D eigenvalue weighted by Gasteiger charge is 2.22. The smallest absolute Gasteiger partial charge is 0.257 e. The van der Waals surface area contributed by atoms with E-state index in [-0.39, 0.29) is 17.9 Å². The van der Waals surface area contributed by atoms with E-state index in [2.05, 4.69) is 9.97 Å². The summed E-state index contributed by atoms with van der Waals surface area (Å²) >= 11 is 0. The second kappa shape index (κ2) is 9.58. The van der Waals surface area contributed by atoms with Crippen molar-refractivity contribution in [2.24, 2.45) is 0 Å². The van der Waals surface area contributed by atoms with E-state index in [9.17, 15) is 9.18 Å².